The molecule has 0 spiro atoms. The molecular formula is C19H24FN. The molecule has 1 nitrogen and oxygen atoms in total. The van der Waals surface area contributed by atoms with Crippen molar-refractivity contribution in [2.45, 2.75) is 39.2 Å². The van der Waals surface area contributed by atoms with Crippen molar-refractivity contribution in [1.82, 2.24) is 0 Å². The normalized spacial score (nSPS) is 15.5. The van der Waals surface area contributed by atoms with Gasteiger partial charge in [0.05, 0.1) is 0 Å². The van der Waals surface area contributed by atoms with Crippen LogP contribution in [0, 0.1) is 18.7 Å². The van der Waals surface area contributed by atoms with E-state index in [0.29, 0.717) is 11.5 Å². The lowest BCUT2D eigenvalue weighted by atomic mass is 9.78. The highest BCUT2D eigenvalue weighted by Crippen LogP contribution is 2.37. The summed E-state index contributed by atoms with van der Waals surface area (Å²) in [6, 6.07) is 15.5. The summed E-state index contributed by atoms with van der Waals surface area (Å²) in [5.41, 5.74) is 9.45. The average Bonchev–Trinajstić information content (AvgIpc) is 2.51. The maximum absolute atomic E-state index is 13.5. The molecule has 0 fully saturated rings. The summed E-state index contributed by atoms with van der Waals surface area (Å²) in [7, 11) is 0. The van der Waals surface area contributed by atoms with Crippen LogP contribution in [0.4, 0.5) is 4.39 Å². The second kappa shape index (κ2) is 6.86. The fourth-order valence-corrected chi connectivity index (χ4v) is 2.90. The number of halogens is 1. The van der Waals surface area contributed by atoms with E-state index in [1.807, 2.05) is 30.3 Å². The topological polar surface area (TPSA) is 26.0 Å². The van der Waals surface area contributed by atoms with Crippen LogP contribution in [0.2, 0.25) is 0 Å². The van der Waals surface area contributed by atoms with Crippen LogP contribution in [0.3, 0.4) is 0 Å². The molecule has 0 saturated carbocycles. The first-order valence-corrected chi connectivity index (χ1v) is 7.61. The number of rotatable bonds is 5. The number of hydrogen-bond donors (Lipinski definition) is 1. The largest absolute Gasteiger partial charge is 0.323 e. The zero-order valence-electron chi connectivity index (χ0n) is 13.0. The monoisotopic (exact) mass is 285 g/mol. The van der Waals surface area contributed by atoms with Gasteiger partial charge in [-0.2, -0.15) is 0 Å². The molecule has 21 heavy (non-hydrogen) atoms. The molecule has 2 aromatic carbocycles. The van der Waals surface area contributed by atoms with E-state index in [4.69, 9.17) is 5.73 Å². The SMILES string of the molecule is CCC(C)C(c1ccccc1)C(N)c1ccc(F)c(C)c1. The van der Waals surface area contributed by atoms with Crippen molar-refractivity contribution in [1.29, 1.82) is 0 Å². The Labute approximate surface area is 127 Å². The first-order chi connectivity index (χ1) is 10.0. The maximum atomic E-state index is 13.5. The lowest BCUT2D eigenvalue weighted by Crippen LogP contribution is -2.25. The van der Waals surface area contributed by atoms with Gasteiger partial charge in [-0.25, -0.2) is 4.39 Å². The second-order valence-corrected chi connectivity index (χ2v) is 5.86. The van der Waals surface area contributed by atoms with E-state index in [1.165, 1.54) is 11.6 Å². The third kappa shape index (κ3) is 3.51. The number of aryl methyl sites for hydroxylation is 1. The van der Waals surface area contributed by atoms with Crippen molar-refractivity contribution in [2.75, 3.05) is 0 Å². The van der Waals surface area contributed by atoms with Gasteiger partial charge in [0.25, 0.3) is 0 Å². The van der Waals surface area contributed by atoms with Crippen LogP contribution < -0.4 is 5.73 Å². The molecule has 2 N–H and O–H groups in total. The van der Waals surface area contributed by atoms with Gasteiger partial charge in [0, 0.05) is 12.0 Å². The van der Waals surface area contributed by atoms with Crippen molar-refractivity contribution >= 4 is 0 Å². The number of hydrogen-bond acceptors (Lipinski definition) is 1. The van der Waals surface area contributed by atoms with Gasteiger partial charge in [0.1, 0.15) is 5.82 Å². The molecule has 0 aliphatic rings. The predicted octanol–water partition coefficient (Wildman–Crippen LogP) is 4.96. The first kappa shape index (κ1) is 15.7. The molecule has 0 radical (unpaired) electrons. The average molecular weight is 285 g/mol. The first-order valence-electron chi connectivity index (χ1n) is 7.61. The Hall–Kier alpha value is -1.67. The fourth-order valence-electron chi connectivity index (χ4n) is 2.90. The molecule has 3 unspecified atom stereocenters. The van der Waals surface area contributed by atoms with Crippen molar-refractivity contribution < 1.29 is 4.39 Å². The van der Waals surface area contributed by atoms with Gasteiger partial charge >= 0.3 is 0 Å². The number of nitrogens with two attached hydrogens (primary N) is 1. The highest BCUT2D eigenvalue weighted by molar-refractivity contribution is 5.31. The molecular weight excluding hydrogens is 261 g/mol. The Morgan fingerprint density at radius 2 is 1.71 bits per heavy atom. The maximum Gasteiger partial charge on any atom is 0.126 e. The van der Waals surface area contributed by atoms with Gasteiger partial charge in [0.15, 0.2) is 0 Å². The van der Waals surface area contributed by atoms with Crippen LogP contribution in [0.5, 0.6) is 0 Å². The third-order valence-corrected chi connectivity index (χ3v) is 4.40. The van der Waals surface area contributed by atoms with Crippen molar-refractivity contribution in [3.8, 4) is 0 Å². The van der Waals surface area contributed by atoms with Gasteiger partial charge < -0.3 is 5.73 Å². The smallest absolute Gasteiger partial charge is 0.126 e. The highest BCUT2D eigenvalue weighted by Gasteiger charge is 2.26. The van der Waals surface area contributed by atoms with E-state index in [9.17, 15) is 4.39 Å². The van der Waals surface area contributed by atoms with Crippen LogP contribution in [-0.4, -0.2) is 0 Å². The lowest BCUT2D eigenvalue weighted by molar-refractivity contribution is 0.387. The van der Waals surface area contributed by atoms with Gasteiger partial charge in [-0.3, -0.25) is 0 Å². The van der Waals surface area contributed by atoms with Gasteiger partial charge in [0.2, 0.25) is 0 Å². The zero-order chi connectivity index (χ0) is 15.4. The van der Waals surface area contributed by atoms with Gasteiger partial charge in [-0.05, 0) is 35.6 Å². The zero-order valence-corrected chi connectivity index (χ0v) is 13.0. The van der Waals surface area contributed by atoms with Crippen molar-refractivity contribution in [2.24, 2.45) is 11.7 Å². The Morgan fingerprint density at radius 1 is 1.05 bits per heavy atom. The third-order valence-electron chi connectivity index (χ3n) is 4.40. The summed E-state index contributed by atoms with van der Waals surface area (Å²) in [4.78, 5) is 0. The molecule has 0 aliphatic heterocycles. The number of benzene rings is 2. The van der Waals surface area contributed by atoms with Gasteiger partial charge in [-0.15, -0.1) is 0 Å². The molecule has 2 rings (SSSR count). The summed E-state index contributed by atoms with van der Waals surface area (Å²) >= 11 is 0. The Kier molecular flexibility index (Phi) is 5.13. The Bertz CT molecular complexity index is 579. The molecule has 0 heterocycles. The minimum absolute atomic E-state index is 0.123. The molecule has 2 heteroatoms. The molecule has 2 aromatic rings. The van der Waals surface area contributed by atoms with Crippen molar-refractivity contribution in [3.63, 3.8) is 0 Å². The summed E-state index contributed by atoms with van der Waals surface area (Å²) < 4.78 is 13.5. The molecule has 0 aliphatic carbocycles. The quantitative estimate of drug-likeness (QED) is 0.825. The van der Waals surface area contributed by atoms with E-state index in [1.54, 1.807) is 6.92 Å². The predicted molar refractivity (Wildman–Crippen MR) is 86.7 cm³/mol. The highest BCUT2D eigenvalue weighted by atomic mass is 19.1. The molecule has 112 valence electrons. The fraction of sp³-hybridized carbons (Fsp3) is 0.368. The van der Waals surface area contributed by atoms with Gasteiger partial charge in [-0.1, -0.05) is 62.7 Å². The van der Waals surface area contributed by atoms with E-state index >= 15 is 0 Å². The Morgan fingerprint density at radius 3 is 2.29 bits per heavy atom. The van der Waals surface area contributed by atoms with E-state index in [-0.39, 0.29) is 17.8 Å². The lowest BCUT2D eigenvalue weighted by Gasteiger charge is -2.30. The molecule has 0 amide bonds. The van der Waals surface area contributed by atoms with E-state index in [2.05, 4.69) is 26.0 Å². The van der Waals surface area contributed by atoms with Crippen LogP contribution in [-0.2, 0) is 0 Å². The summed E-state index contributed by atoms with van der Waals surface area (Å²) in [5, 5.41) is 0. The van der Waals surface area contributed by atoms with E-state index in [0.717, 1.165) is 12.0 Å². The minimum atomic E-state index is -0.175. The molecule has 3 atom stereocenters. The van der Waals surface area contributed by atoms with Crippen molar-refractivity contribution in [3.05, 3.63) is 71.0 Å². The van der Waals surface area contributed by atoms with Crippen LogP contribution in [0.25, 0.3) is 0 Å². The van der Waals surface area contributed by atoms with Crippen LogP contribution in [0.15, 0.2) is 48.5 Å². The minimum Gasteiger partial charge on any atom is -0.323 e. The summed E-state index contributed by atoms with van der Waals surface area (Å²) in [6.45, 7) is 6.20. The van der Waals surface area contributed by atoms with Crippen LogP contribution >= 0.6 is 0 Å². The summed E-state index contributed by atoms with van der Waals surface area (Å²) in [5.74, 6) is 0.527. The second-order valence-electron chi connectivity index (χ2n) is 5.86. The Balaban J connectivity index is 2.38. The molecule has 0 saturated heterocycles. The molecule has 0 aromatic heterocycles. The van der Waals surface area contributed by atoms with E-state index < -0.39 is 0 Å². The summed E-state index contributed by atoms with van der Waals surface area (Å²) in [6.07, 6.45) is 1.06. The van der Waals surface area contributed by atoms with Crippen LogP contribution in [0.1, 0.15) is 48.9 Å². The standard InChI is InChI=1S/C19H24FN/c1-4-13(2)18(15-8-6-5-7-9-15)19(21)16-10-11-17(20)14(3)12-16/h5-13,18-19H,4,21H2,1-3H3. The molecule has 0 bridgehead atoms.